The molecule has 0 aromatic rings. The van der Waals surface area contributed by atoms with Crippen molar-refractivity contribution in [1.29, 1.82) is 0 Å². The van der Waals surface area contributed by atoms with Gasteiger partial charge in [0.05, 0.1) is 11.0 Å². The lowest BCUT2D eigenvalue weighted by Gasteiger charge is -2.26. The highest BCUT2D eigenvalue weighted by atomic mass is 32.2. The molecule has 0 aromatic carbocycles. The van der Waals surface area contributed by atoms with Crippen LogP contribution in [0.15, 0.2) is 0 Å². The van der Waals surface area contributed by atoms with E-state index in [1.54, 1.807) is 0 Å². The van der Waals surface area contributed by atoms with Crippen molar-refractivity contribution in [3.8, 4) is 0 Å². The average molecular weight is 263 g/mol. The Kier molecular flexibility index (Phi) is 7.33. The molecule has 0 heterocycles. The standard InChI is InChI=1S/C13H29NO2S/c1-7-11(5)13(14-8-2)9-17(15,16)12(6)10(3)4/h10-14H,7-9H2,1-6H3. The van der Waals surface area contributed by atoms with Gasteiger partial charge in [-0.05, 0) is 25.3 Å². The third-order valence-electron chi connectivity index (χ3n) is 3.71. The molecule has 0 aliphatic heterocycles. The maximum Gasteiger partial charge on any atom is 0.154 e. The first-order valence-corrected chi connectivity index (χ1v) is 8.42. The lowest BCUT2D eigenvalue weighted by atomic mass is 10.0. The van der Waals surface area contributed by atoms with Gasteiger partial charge in [0.15, 0.2) is 9.84 Å². The summed E-state index contributed by atoms with van der Waals surface area (Å²) in [6, 6.07) is 0.0798. The Morgan fingerprint density at radius 3 is 1.94 bits per heavy atom. The van der Waals surface area contributed by atoms with Crippen LogP contribution in [0.3, 0.4) is 0 Å². The predicted octanol–water partition coefficient (Wildman–Crippen LogP) is 2.47. The van der Waals surface area contributed by atoms with Crippen molar-refractivity contribution in [3.05, 3.63) is 0 Å². The zero-order valence-corrected chi connectivity index (χ0v) is 13.0. The van der Waals surface area contributed by atoms with Gasteiger partial charge in [-0.15, -0.1) is 0 Å². The molecular weight excluding hydrogens is 234 g/mol. The Morgan fingerprint density at radius 2 is 1.59 bits per heavy atom. The quantitative estimate of drug-likeness (QED) is 0.732. The van der Waals surface area contributed by atoms with Crippen molar-refractivity contribution in [2.24, 2.45) is 11.8 Å². The molecule has 0 saturated carbocycles. The smallest absolute Gasteiger partial charge is 0.154 e. The van der Waals surface area contributed by atoms with Crippen molar-refractivity contribution in [2.75, 3.05) is 12.3 Å². The van der Waals surface area contributed by atoms with Gasteiger partial charge in [0.1, 0.15) is 0 Å². The van der Waals surface area contributed by atoms with E-state index in [1.165, 1.54) is 0 Å². The minimum absolute atomic E-state index is 0.0798. The molecule has 0 aliphatic carbocycles. The van der Waals surface area contributed by atoms with Gasteiger partial charge < -0.3 is 5.32 Å². The second kappa shape index (κ2) is 7.37. The predicted molar refractivity (Wildman–Crippen MR) is 75.0 cm³/mol. The molecular formula is C13H29NO2S. The molecule has 0 aliphatic rings. The maximum atomic E-state index is 12.2. The van der Waals surface area contributed by atoms with Crippen LogP contribution in [0.4, 0.5) is 0 Å². The Balaban J connectivity index is 4.75. The summed E-state index contributed by atoms with van der Waals surface area (Å²) in [6.07, 6.45) is 1.00. The summed E-state index contributed by atoms with van der Waals surface area (Å²) in [5.74, 6) is 0.832. The first-order chi connectivity index (χ1) is 7.76. The van der Waals surface area contributed by atoms with Crippen LogP contribution in [-0.4, -0.2) is 32.0 Å². The summed E-state index contributed by atoms with van der Waals surface area (Å²) >= 11 is 0. The lowest BCUT2D eigenvalue weighted by molar-refractivity contribution is 0.395. The van der Waals surface area contributed by atoms with Crippen molar-refractivity contribution < 1.29 is 8.42 Å². The highest BCUT2D eigenvalue weighted by Crippen LogP contribution is 2.17. The normalized spacial score (nSPS) is 18.1. The van der Waals surface area contributed by atoms with Crippen LogP contribution in [-0.2, 0) is 9.84 Å². The van der Waals surface area contributed by atoms with Crippen molar-refractivity contribution in [1.82, 2.24) is 5.32 Å². The molecule has 104 valence electrons. The van der Waals surface area contributed by atoms with E-state index in [0.717, 1.165) is 13.0 Å². The molecule has 4 heteroatoms. The van der Waals surface area contributed by atoms with E-state index >= 15 is 0 Å². The van der Waals surface area contributed by atoms with Crippen LogP contribution in [0, 0.1) is 11.8 Å². The van der Waals surface area contributed by atoms with Crippen molar-refractivity contribution in [2.45, 2.75) is 59.3 Å². The molecule has 0 rings (SSSR count). The van der Waals surface area contributed by atoms with E-state index in [0.29, 0.717) is 5.92 Å². The second-order valence-corrected chi connectivity index (χ2v) is 7.73. The second-order valence-electron chi connectivity index (χ2n) is 5.33. The molecule has 3 atom stereocenters. The monoisotopic (exact) mass is 263 g/mol. The van der Waals surface area contributed by atoms with Crippen molar-refractivity contribution >= 4 is 9.84 Å². The van der Waals surface area contributed by atoms with Gasteiger partial charge in [-0.1, -0.05) is 41.0 Å². The summed E-state index contributed by atoms with van der Waals surface area (Å²) in [5.41, 5.74) is 0. The van der Waals surface area contributed by atoms with Gasteiger partial charge in [-0.2, -0.15) is 0 Å². The molecule has 0 amide bonds. The van der Waals surface area contributed by atoms with Gasteiger partial charge in [0.2, 0.25) is 0 Å². The Morgan fingerprint density at radius 1 is 1.06 bits per heavy atom. The molecule has 3 nitrogen and oxygen atoms in total. The number of sulfone groups is 1. The van der Waals surface area contributed by atoms with Gasteiger partial charge in [-0.25, -0.2) is 8.42 Å². The fourth-order valence-electron chi connectivity index (χ4n) is 1.79. The van der Waals surface area contributed by atoms with Crippen LogP contribution in [0.1, 0.15) is 48.0 Å². The van der Waals surface area contributed by atoms with Gasteiger partial charge in [-0.3, -0.25) is 0 Å². The third-order valence-corrected chi connectivity index (χ3v) is 6.22. The minimum Gasteiger partial charge on any atom is -0.313 e. The highest BCUT2D eigenvalue weighted by Gasteiger charge is 2.29. The van der Waals surface area contributed by atoms with Gasteiger partial charge in [0.25, 0.3) is 0 Å². The summed E-state index contributed by atoms with van der Waals surface area (Å²) in [7, 11) is -3.00. The molecule has 0 radical (unpaired) electrons. The lowest BCUT2D eigenvalue weighted by Crippen LogP contribution is -2.43. The van der Waals surface area contributed by atoms with E-state index < -0.39 is 9.84 Å². The Labute approximate surface area is 107 Å². The van der Waals surface area contributed by atoms with Crippen LogP contribution in [0.25, 0.3) is 0 Å². The van der Waals surface area contributed by atoms with E-state index in [4.69, 9.17) is 0 Å². The average Bonchev–Trinajstić information content (AvgIpc) is 2.25. The fourth-order valence-corrected chi connectivity index (χ4v) is 3.87. The number of rotatable bonds is 8. The van der Waals surface area contributed by atoms with Crippen molar-refractivity contribution in [3.63, 3.8) is 0 Å². The topological polar surface area (TPSA) is 46.2 Å². The highest BCUT2D eigenvalue weighted by molar-refractivity contribution is 7.92. The molecule has 17 heavy (non-hydrogen) atoms. The molecule has 1 N–H and O–H groups in total. The maximum absolute atomic E-state index is 12.2. The SMILES string of the molecule is CCNC(CS(=O)(=O)C(C)C(C)C)C(C)CC. The van der Waals surface area contributed by atoms with Gasteiger partial charge >= 0.3 is 0 Å². The van der Waals surface area contributed by atoms with E-state index in [9.17, 15) is 8.42 Å². The largest absolute Gasteiger partial charge is 0.313 e. The first-order valence-electron chi connectivity index (χ1n) is 6.71. The summed E-state index contributed by atoms with van der Waals surface area (Å²) in [4.78, 5) is 0. The molecule has 0 aromatic heterocycles. The molecule has 0 fully saturated rings. The molecule has 0 saturated heterocycles. The molecule has 0 bridgehead atoms. The van der Waals surface area contributed by atoms with E-state index in [1.807, 2.05) is 27.7 Å². The zero-order valence-electron chi connectivity index (χ0n) is 12.2. The number of hydrogen-bond donors (Lipinski definition) is 1. The summed E-state index contributed by atoms with van der Waals surface area (Å²) in [5, 5.41) is 3.05. The summed E-state index contributed by atoms with van der Waals surface area (Å²) < 4.78 is 24.5. The fraction of sp³-hybridized carbons (Fsp3) is 1.00. The van der Waals surface area contributed by atoms with Crippen LogP contribution in [0.2, 0.25) is 0 Å². The van der Waals surface area contributed by atoms with E-state index in [-0.39, 0.29) is 23.0 Å². The summed E-state index contributed by atoms with van der Waals surface area (Å²) in [6.45, 7) is 12.8. The number of hydrogen-bond acceptors (Lipinski definition) is 3. The zero-order chi connectivity index (χ0) is 13.6. The molecule has 0 spiro atoms. The van der Waals surface area contributed by atoms with Crippen LogP contribution in [0.5, 0.6) is 0 Å². The molecule has 3 unspecified atom stereocenters. The third kappa shape index (κ3) is 5.38. The van der Waals surface area contributed by atoms with Crippen LogP contribution >= 0.6 is 0 Å². The Bertz CT molecular complexity index is 299. The minimum atomic E-state index is -3.00. The van der Waals surface area contributed by atoms with E-state index in [2.05, 4.69) is 19.2 Å². The Hall–Kier alpha value is -0.0900. The first kappa shape index (κ1) is 16.9. The number of nitrogens with one attached hydrogen (secondary N) is 1. The van der Waals surface area contributed by atoms with Gasteiger partial charge in [0, 0.05) is 6.04 Å². The van der Waals surface area contributed by atoms with Crippen LogP contribution < -0.4 is 5.32 Å².